The van der Waals surface area contributed by atoms with E-state index in [-0.39, 0.29) is 12.0 Å². The lowest BCUT2D eigenvalue weighted by Gasteiger charge is -2.25. The Labute approximate surface area is 144 Å². The number of rotatable bonds is 6. The molecule has 5 heteroatoms. The molecule has 1 aromatic rings. The van der Waals surface area contributed by atoms with Crippen molar-refractivity contribution in [1.29, 1.82) is 0 Å². The zero-order valence-corrected chi connectivity index (χ0v) is 14.8. The molecule has 2 saturated heterocycles. The minimum atomic E-state index is 0.151. The predicted molar refractivity (Wildman–Crippen MR) is 93.5 cm³/mol. The van der Waals surface area contributed by atoms with Crippen molar-refractivity contribution >= 4 is 5.91 Å². The highest BCUT2D eigenvalue weighted by molar-refractivity contribution is 5.75. The van der Waals surface area contributed by atoms with Gasteiger partial charge in [0.25, 0.3) is 0 Å². The Morgan fingerprint density at radius 3 is 3.00 bits per heavy atom. The van der Waals surface area contributed by atoms with Crippen LogP contribution in [0.25, 0.3) is 0 Å². The topological polar surface area (TPSA) is 54.5 Å². The van der Waals surface area contributed by atoms with Gasteiger partial charge in [0.05, 0.1) is 12.2 Å². The Morgan fingerprint density at radius 2 is 2.29 bits per heavy atom. The van der Waals surface area contributed by atoms with Crippen molar-refractivity contribution in [3.05, 3.63) is 30.1 Å². The van der Waals surface area contributed by atoms with Gasteiger partial charge in [-0.3, -0.25) is 14.7 Å². The van der Waals surface area contributed by atoms with Gasteiger partial charge in [-0.2, -0.15) is 0 Å². The molecule has 3 heterocycles. The second-order valence-corrected chi connectivity index (χ2v) is 7.25. The van der Waals surface area contributed by atoms with Gasteiger partial charge in [0, 0.05) is 31.4 Å². The standard InChI is InChI=1S/C19H29N3O2/c1-14-5-6-17(24-14)7-8-18(23)21-13-16-9-11-22(2)19(16)15-4-3-10-20-12-15/h3-4,10,12,14,16-17,19H,5-9,11,13H2,1-2H3,(H,21,23)/t14-,16+,17+,19+/m1/s1. The molecular formula is C19H29N3O2. The molecule has 5 nitrogen and oxygen atoms in total. The summed E-state index contributed by atoms with van der Waals surface area (Å²) in [6.45, 7) is 3.91. The van der Waals surface area contributed by atoms with E-state index in [9.17, 15) is 4.79 Å². The second kappa shape index (κ2) is 8.08. The average Bonchev–Trinajstić information content (AvgIpc) is 3.17. The zero-order valence-electron chi connectivity index (χ0n) is 14.8. The smallest absolute Gasteiger partial charge is 0.220 e. The van der Waals surface area contributed by atoms with Crippen molar-refractivity contribution in [3.8, 4) is 0 Å². The van der Waals surface area contributed by atoms with E-state index in [1.165, 1.54) is 5.56 Å². The first-order chi connectivity index (χ1) is 11.6. The number of hydrogen-bond acceptors (Lipinski definition) is 4. The van der Waals surface area contributed by atoms with E-state index in [0.717, 1.165) is 38.8 Å². The van der Waals surface area contributed by atoms with Crippen LogP contribution in [0.1, 0.15) is 50.6 Å². The molecule has 0 spiro atoms. The summed E-state index contributed by atoms with van der Waals surface area (Å²) in [4.78, 5) is 18.8. The van der Waals surface area contributed by atoms with Crippen LogP contribution in [-0.2, 0) is 9.53 Å². The van der Waals surface area contributed by atoms with Crippen LogP contribution >= 0.6 is 0 Å². The maximum Gasteiger partial charge on any atom is 0.220 e. The molecule has 0 aliphatic carbocycles. The number of hydrogen-bond donors (Lipinski definition) is 1. The van der Waals surface area contributed by atoms with Crippen molar-refractivity contribution in [2.24, 2.45) is 5.92 Å². The first-order valence-electron chi connectivity index (χ1n) is 9.16. The molecule has 0 unspecified atom stereocenters. The molecule has 0 aromatic carbocycles. The van der Waals surface area contributed by atoms with Crippen molar-refractivity contribution in [1.82, 2.24) is 15.2 Å². The summed E-state index contributed by atoms with van der Waals surface area (Å²) in [7, 11) is 2.15. The van der Waals surface area contributed by atoms with Crippen LogP contribution in [0, 0.1) is 5.92 Å². The lowest BCUT2D eigenvalue weighted by molar-refractivity contribution is -0.122. The fourth-order valence-electron chi connectivity index (χ4n) is 4.04. The van der Waals surface area contributed by atoms with Gasteiger partial charge in [0.2, 0.25) is 5.91 Å². The summed E-state index contributed by atoms with van der Waals surface area (Å²) in [5, 5.41) is 3.14. The van der Waals surface area contributed by atoms with Crippen LogP contribution in [0.5, 0.6) is 0 Å². The Bertz CT molecular complexity index is 537. The van der Waals surface area contributed by atoms with Crippen LogP contribution in [0.15, 0.2) is 24.5 Å². The molecular weight excluding hydrogens is 302 g/mol. The first kappa shape index (κ1) is 17.4. The fourth-order valence-corrected chi connectivity index (χ4v) is 4.04. The van der Waals surface area contributed by atoms with Crippen LogP contribution in [0.2, 0.25) is 0 Å². The van der Waals surface area contributed by atoms with E-state index >= 15 is 0 Å². The lowest BCUT2D eigenvalue weighted by atomic mass is 9.94. The van der Waals surface area contributed by atoms with Gasteiger partial charge < -0.3 is 10.1 Å². The number of ether oxygens (including phenoxy) is 1. The van der Waals surface area contributed by atoms with E-state index in [4.69, 9.17) is 4.74 Å². The van der Waals surface area contributed by atoms with Crippen LogP contribution < -0.4 is 5.32 Å². The Hall–Kier alpha value is -1.46. The fraction of sp³-hybridized carbons (Fsp3) is 0.684. The Kier molecular flexibility index (Phi) is 5.85. The van der Waals surface area contributed by atoms with Crippen molar-refractivity contribution < 1.29 is 9.53 Å². The van der Waals surface area contributed by atoms with Crippen molar-refractivity contribution in [2.75, 3.05) is 20.1 Å². The number of nitrogens with one attached hydrogen (secondary N) is 1. The molecule has 2 aliphatic heterocycles. The summed E-state index contributed by atoms with van der Waals surface area (Å²) >= 11 is 0. The Morgan fingerprint density at radius 1 is 1.42 bits per heavy atom. The average molecular weight is 331 g/mol. The van der Waals surface area contributed by atoms with E-state index in [0.29, 0.717) is 24.5 Å². The quantitative estimate of drug-likeness (QED) is 0.870. The summed E-state index contributed by atoms with van der Waals surface area (Å²) < 4.78 is 5.78. The number of pyridine rings is 1. The van der Waals surface area contributed by atoms with Crippen molar-refractivity contribution in [3.63, 3.8) is 0 Å². The summed E-state index contributed by atoms with van der Waals surface area (Å²) in [6, 6.07) is 4.46. The highest BCUT2D eigenvalue weighted by Gasteiger charge is 2.33. The number of amides is 1. The van der Waals surface area contributed by atoms with E-state index < -0.39 is 0 Å². The van der Waals surface area contributed by atoms with E-state index in [1.807, 2.05) is 12.3 Å². The summed E-state index contributed by atoms with van der Waals surface area (Å²) in [5.74, 6) is 0.601. The second-order valence-electron chi connectivity index (χ2n) is 7.25. The van der Waals surface area contributed by atoms with Crippen molar-refractivity contribution in [2.45, 2.75) is 57.3 Å². The van der Waals surface area contributed by atoms with Crippen LogP contribution in [0.3, 0.4) is 0 Å². The van der Waals surface area contributed by atoms with Crippen LogP contribution in [-0.4, -0.2) is 48.1 Å². The largest absolute Gasteiger partial charge is 0.375 e. The molecule has 1 N–H and O–H groups in total. The molecule has 24 heavy (non-hydrogen) atoms. The summed E-state index contributed by atoms with van der Waals surface area (Å²) in [5.41, 5.74) is 1.24. The molecule has 0 bridgehead atoms. The molecule has 4 atom stereocenters. The maximum absolute atomic E-state index is 12.2. The third-order valence-electron chi connectivity index (χ3n) is 5.37. The molecule has 0 saturated carbocycles. The molecule has 132 valence electrons. The Balaban J connectivity index is 1.46. The first-order valence-corrected chi connectivity index (χ1v) is 9.16. The lowest BCUT2D eigenvalue weighted by Crippen LogP contribution is -2.32. The third kappa shape index (κ3) is 4.33. The van der Waals surface area contributed by atoms with Gasteiger partial charge >= 0.3 is 0 Å². The normalized spacial score (nSPS) is 30.6. The minimum absolute atomic E-state index is 0.151. The van der Waals surface area contributed by atoms with Crippen LogP contribution in [0.4, 0.5) is 0 Å². The molecule has 2 fully saturated rings. The number of aromatic nitrogens is 1. The van der Waals surface area contributed by atoms with Gasteiger partial charge in [-0.1, -0.05) is 6.07 Å². The monoisotopic (exact) mass is 331 g/mol. The van der Waals surface area contributed by atoms with Gasteiger partial charge in [-0.15, -0.1) is 0 Å². The number of nitrogens with zero attached hydrogens (tertiary/aromatic N) is 2. The van der Waals surface area contributed by atoms with E-state index in [2.05, 4.69) is 35.2 Å². The maximum atomic E-state index is 12.2. The predicted octanol–water partition coefficient (Wildman–Crippen LogP) is 2.54. The third-order valence-corrected chi connectivity index (χ3v) is 5.37. The number of carbonyl (C=O) groups is 1. The molecule has 1 aromatic heterocycles. The molecule has 1 amide bonds. The number of carbonyl (C=O) groups excluding carboxylic acids is 1. The molecule has 2 aliphatic rings. The highest BCUT2D eigenvalue weighted by Crippen LogP contribution is 2.35. The zero-order chi connectivity index (χ0) is 16.9. The summed E-state index contributed by atoms with van der Waals surface area (Å²) in [6.07, 6.45) is 9.10. The number of likely N-dealkylation sites (tertiary alicyclic amines) is 1. The molecule has 0 radical (unpaired) electrons. The molecule has 3 rings (SSSR count). The van der Waals surface area contributed by atoms with Gasteiger partial charge in [0.15, 0.2) is 0 Å². The highest BCUT2D eigenvalue weighted by atomic mass is 16.5. The minimum Gasteiger partial charge on any atom is -0.375 e. The van der Waals surface area contributed by atoms with Gasteiger partial charge in [-0.25, -0.2) is 0 Å². The van der Waals surface area contributed by atoms with Gasteiger partial charge in [-0.05, 0) is 63.7 Å². The van der Waals surface area contributed by atoms with E-state index in [1.54, 1.807) is 6.20 Å². The van der Waals surface area contributed by atoms with Gasteiger partial charge in [0.1, 0.15) is 0 Å². The SMILES string of the molecule is C[C@@H]1CC[C@@H](CCC(=O)NC[C@@H]2CCN(C)[C@H]2c2cccnc2)O1.